The number of carbonyl (C=O) groups excluding carboxylic acids is 3. The van der Waals surface area contributed by atoms with E-state index < -0.39 is 6.04 Å². The van der Waals surface area contributed by atoms with Crippen LogP contribution in [0.3, 0.4) is 0 Å². The van der Waals surface area contributed by atoms with Crippen LogP contribution in [0.5, 0.6) is 0 Å². The molecular formula is C12H21N3O3. The molecule has 0 aliphatic carbocycles. The number of imide groups is 1. The van der Waals surface area contributed by atoms with E-state index in [4.69, 9.17) is 0 Å². The molecule has 0 spiro atoms. The van der Waals surface area contributed by atoms with E-state index in [2.05, 4.69) is 10.6 Å². The summed E-state index contributed by atoms with van der Waals surface area (Å²) in [6.07, 6.45) is 1.25. The minimum atomic E-state index is -0.476. The molecule has 3 amide bonds. The lowest BCUT2D eigenvalue weighted by atomic mass is 10.2. The molecule has 6 nitrogen and oxygen atoms in total. The number of hydrogen-bond acceptors (Lipinski definition) is 4. The number of rotatable bonds is 6. The molecule has 1 saturated heterocycles. The first kappa shape index (κ1) is 14.6. The maximum absolute atomic E-state index is 12.0. The molecule has 0 bridgehead atoms. The van der Waals surface area contributed by atoms with Crippen LogP contribution in [0.15, 0.2) is 0 Å². The van der Waals surface area contributed by atoms with Crippen molar-refractivity contribution >= 4 is 17.7 Å². The van der Waals surface area contributed by atoms with Crippen LogP contribution in [0.2, 0.25) is 0 Å². The summed E-state index contributed by atoms with van der Waals surface area (Å²) in [4.78, 5) is 36.1. The van der Waals surface area contributed by atoms with Crippen LogP contribution >= 0.6 is 0 Å². The fourth-order valence-corrected chi connectivity index (χ4v) is 1.94. The van der Waals surface area contributed by atoms with Crippen LogP contribution in [0.25, 0.3) is 0 Å². The Morgan fingerprint density at radius 3 is 2.72 bits per heavy atom. The number of likely N-dealkylation sites (tertiary alicyclic amines) is 1. The lowest BCUT2D eigenvalue weighted by molar-refractivity contribution is -0.141. The summed E-state index contributed by atoms with van der Waals surface area (Å²) in [5.41, 5.74) is 0. The highest BCUT2D eigenvalue weighted by molar-refractivity contribution is 6.05. The Kier molecular flexibility index (Phi) is 5.27. The average Bonchev–Trinajstić information content (AvgIpc) is 2.63. The summed E-state index contributed by atoms with van der Waals surface area (Å²) in [6.45, 7) is 4.21. The van der Waals surface area contributed by atoms with E-state index >= 15 is 0 Å². The number of carbonyl (C=O) groups is 3. The Morgan fingerprint density at radius 2 is 2.17 bits per heavy atom. The molecule has 0 aromatic rings. The van der Waals surface area contributed by atoms with Crippen molar-refractivity contribution in [2.75, 3.05) is 13.6 Å². The number of nitrogens with one attached hydrogen (secondary N) is 2. The second-order valence-corrected chi connectivity index (χ2v) is 4.49. The minimum absolute atomic E-state index is 0.0595. The molecule has 0 radical (unpaired) electrons. The highest BCUT2D eigenvalue weighted by atomic mass is 16.2. The van der Waals surface area contributed by atoms with Crippen molar-refractivity contribution in [2.45, 2.75) is 45.2 Å². The van der Waals surface area contributed by atoms with Gasteiger partial charge in [-0.3, -0.25) is 19.3 Å². The van der Waals surface area contributed by atoms with Crippen molar-refractivity contribution in [3.05, 3.63) is 0 Å². The molecule has 18 heavy (non-hydrogen) atoms. The fraction of sp³-hybridized carbons (Fsp3) is 0.750. The van der Waals surface area contributed by atoms with Gasteiger partial charge in [-0.15, -0.1) is 0 Å². The molecular weight excluding hydrogens is 234 g/mol. The summed E-state index contributed by atoms with van der Waals surface area (Å²) >= 11 is 0. The SMILES string of the molecule is CCC(C)N1C(=O)CC(NCCC(=O)NC)C1=O. The van der Waals surface area contributed by atoms with Gasteiger partial charge in [0.1, 0.15) is 0 Å². The fourth-order valence-electron chi connectivity index (χ4n) is 1.94. The second kappa shape index (κ2) is 6.49. The summed E-state index contributed by atoms with van der Waals surface area (Å²) in [7, 11) is 1.57. The predicted octanol–water partition coefficient (Wildman–Crippen LogP) is -0.362. The van der Waals surface area contributed by atoms with E-state index in [1.807, 2.05) is 13.8 Å². The molecule has 2 atom stereocenters. The summed E-state index contributed by atoms with van der Waals surface area (Å²) < 4.78 is 0. The standard InChI is InChI=1S/C12H21N3O3/c1-4-8(2)15-11(17)7-9(12(15)18)14-6-5-10(16)13-3/h8-9,14H,4-7H2,1-3H3,(H,13,16). The normalized spacial score (nSPS) is 21.3. The Morgan fingerprint density at radius 1 is 1.50 bits per heavy atom. The van der Waals surface area contributed by atoms with Gasteiger partial charge >= 0.3 is 0 Å². The van der Waals surface area contributed by atoms with E-state index in [0.717, 1.165) is 6.42 Å². The molecule has 0 aromatic carbocycles. The van der Waals surface area contributed by atoms with Gasteiger partial charge in [0, 0.05) is 26.1 Å². The van der Waals surface area contributed by atoms with Gasteiger partial charge in [0.25, 0.3) is 0 Å². The average molecular weight is 255 g/mol. The number of nitrogens with zero attached hydrogens (tertiary/aromatic N) is 1. The van der Waals surface area contributed by atoms with E-state index in [1.165, 1.54) is 4.90 Å². The van der Waals surface area contributed by atoms with Crippen molar-refractivity contribution in [1.82, 2.24) is 15.5 Å². The lowest BCUT2D eigenvalue weighted by Gasteiger charge is -2.21. The third-order valence-electron chi connectivity index (χ3n) is 3.24. The quantitative estimate of drug-likeness (QED) is 0.635. The highest BCUT2D eigenvalue weighted by Gasteiger charge is 2.40. The zero-order valence-electron chi connectivity index (χ0n) is 11.2. The van der Waals surface area contributed by atoms with Gasteiger partial charge in [0.15, 0.2) is 0 Å². The monoisotopic (exact) mass is 255 g/mol. The van der Waals surface area contributed by atoms with E-state index in [1.54, 1.807) is 7.05 Å². The molecule has 1 aliphatic heterocycles. The minimum Gasteiger partial charge on any atom is -0.359 e. The van der Waals surface area contributed by atoms with E-state index in [-0.39, 0.29) is 30.2 Å². The van der Waals surface area contributed by atoms with Crippen molar-refractivity contribution in [1.29, 1.82) is 0 Å². The first-order valence-corrected chi connectivity index (χ1v) is 6.31. The van der Waals surface area contributed by atoms with Gasteiger partial charge in [-0.2, -0.15) is 0 Å². The summed E-state index contributed by atoms with van der Waals surface area (Å²) in [5, 5.41) is 5.47. The van der Waals surface area contributed by atoms with Gasteiger partial charge in [0.2, 0.25) is 17.7 Å². The van der Waals surface area contributed by atoms with Gasteiger partial charge in [-0.25, -0.2) is 0 Å². The third-order valence-corrected chi connectivity index (χ3v) is 3.24. The maximum Gasteiger partial charge on any atom is 0.247 e. The molecule has 2 N–H and O–H groups in total. The van der Waals surface area contributed by atoms with Crippen LogP contribution in [0, 0.1) is 0 Å². The van der Waals surface area contributed by atoms with Crippen LogP contribution < -0.4 is 10.6 Å². The highest BCUT2D eigenvalue weighted by Crippen LogP contribution is 2.17. The number of hydrogen-bond donors (Lipinski definition) is 2. The maximum atomic E-state index is 12.0. The van der Waals surface area contributed by atoms with Gasteiger partial charge in [0.05, 0.1) is 12.5 Å². The largest absolute Gasteiger partial charge is 0.359 e. The summed E-state index contributed by atoms with van der Waals surface area (Å²) in [5.74, 6) is -0.392. The topological polar surface area (TPSA) is 78.5 Å². The Hall–Kier alpha value is -1.43. The van der Waals surface area contributed by atoms with Gasteiger partial charge in [-0.1, -0.05) is 6.92 Å². The van der Waals surface area contributed by atoms with Gasteiger partial charge < -0.3 is 10.6 Å². The molecule has 102 valence electrons. The van der Waals surface area contributed by atoms with Crippen molar-refractivity contribution in [2.24, 2.45) is 0 Å². The van der Waals surface area contributed by atoms with Crippen LogP contribution in [-0.2, 0) is 14.4 Å². The summed E-state index contributed by atoms with van der Waals surface area (Å²) in [6, 6.07) is -0.535. The predicted molar refractivity (Wildman–Crippen MR) is 66.7 cm³/mol. The molecule has 0 aromatic heterocycles. The molecule has 1 aliphatic rings. The Bertz CT molecular complexity index is 343. The van der Waals surface area contributed by atoms with Crippen LogP contribution in [0.1, 0.15) is 33.1 Å². The van der Waals surface area contributed by atoms with E-state index in [9.17, 15) is 14.4 Å². The first-order chi connectivity index (χ1) is 8.51. The van der Waals surface area contributed by atoms with Gasteiger partial charge in [-0.05, 0) is 13.3 Å². The van der Waals surface area contributed by atoms with Crippen LogP contribution in [0.4, 0.5) is 0 Å². The molecule has 1 heterocycles. The van der Waals surface area contributed by atoms with Crippen molar-refractivity contribution < 1.29 is 14.4 Å². The number of amides is 3. The first-order valence-electron chi connectivity index (χ1n) is 6.31. The molecule has 0 saturated carbocycles. The lowest BCUT2D eigenvalue weighted by Crippen LogP contribution is -2.43. The molecule has 1 rings (SSSR count). The zero-order chi connectivity index (χ0) is 13.7. The van der Waals surface area contributed by atoms with Crippen molar-refractivity contribution in [3.8, 4) is 0 Å². The Balaban J connectivity index is 2.48. The second-order valence-electron chi connectivity index (χ2n) is 4.49. The zero-order valence-corrected chi connectivity index (χ0v) is 11.2. The molecule has 1 fully saturated rings. The van der Waals surface area contributed by atoms with Crippen LogP contribution in [-0.4, -0.2) is 48.3 Å². The van der Waals surface area contributed by atoms with Crippen molar-refractivity contribution in [3.63, 3.8) is 0 Å². The smallest absolute Gasteiger partial charge is 0.247 e. The molecule has 6 heteroatoms. The Labute approximate surface area is 107 Å². The molecule has 2 unspecified atom stereocenters. The van der Waals surface area contributed by atoms with E-state index in [0.29, 0.717) is 13.0 Å². The third kappa shape index (κ3) is 3.29.